The summed E-state index contributed by atoms with van der Waals surface area (Å²) < 4.78 is 5.63. The van der Waals surface area contributed by atoms with Gasteiger partial charge in [0.2, 0.25) is 0 Å². The SMILES string of the molecule is CC(=O)C[C@@H]1N=C(c2ccc(C)cc2)c2ccccc2-c2c(C)noc21. The molecule has 0 amide bonds. The molecule has 26 heavy (non-hydrogen) atoms. The first-order chi connectivity index (χ1) is 12.5. The molecule has 0 bridgehead atoms. The summed E-state index contributed by atoms with van der Waals surface area (Å²) in [6.45, 7) is 5.58. The third-order valence-electron chi connectivity index (χ3n) is 4.73. The summed E-state index contributed by atoms with van der Waals surface area (Å²) in [6.07, 6.45) is 0.297. The molecule has 1 aliphatic heterocycles. The number of ketones is 1. The molecule has 4 nitrogen and oxygen atoms in total. The number of carbonyl (C=O) groups excluding carboxylic acids is 1. The number of hydrogen-bond donors (Lipinski definition) is 0. The van der Waals surface area contributed by atoms with Crippen molar-refractivity contribution in [3.8, 4) is 11.1 Å². The minimum atomic E-state index is -0.368. The molecule has 0 unspecified atom stereocenters. The van der Waals surface area contributed by atoms with Gasteiger partial charge >= 0.3 is 0 Å². The summed E-state index contributed by atoms with van der Waals surface area (Å²) in [6, 6.07) is 16.1. The largest absolute Gasteiger partial charge is 0.358 e. The lowest BCUT2D eigenvalue weighted by molar-refractivity contribution is -0.117. The predicted octanol–water partition coefficient (Wildman–Crippen LogP) is 4.83. The van der Waals surface area contributed by atoms with Gasteiger partial charge in [0.05, 0.1) is 17.0 Å². The molecule has 1 aliphatic rings. The van der Waals surface area contributed by atoms with Gasteiger partial charge < -0.3 is 4.52 Å². The molecule has 0 N–H and O–H groups in total. The quantitative estimate of drug-likeness (QED) is 0.684. The first-order valence-electron chi connectivity index (χ1n) is 8.75. The van der Waals surface area contributed by atoms with E-state index in [-0.39, 0.29) is 11.8 Å². The summed E-state index contributed by atoms with van der Waals surface area (Å²) in [5.74, 6) is 0.750. The first kappa shape index (κ1) is 16.5. The first-order valence-corrected chi connectivity index (χ1v) is 8.75. The second kappa shape index (κ2) is 6.37. The van der Waals surface area contributed by atoms with Crippen LogP contribution in [0.5, 0.6) is 0 Å². The zero-order valence-corrected chi connectivity index (χ0v) is 15.1. The van der Waals surface area contributed by atoms with Gasteiger partial charge in [-0.25, -0.2) is 0 Å². The van der Waals surface area contributed by atoms with Gasteiger partial charge in [0.25, 0.3) is 0 Å². The van der Waals surface area contributed by atoms with Crippen molar-refractivity contribution < 1.29 is 9.32 Å². The number of fused-ring (bicyclic) bond motifs is 3. The number of aliphatic imine (C=N–C) groups is 1. The molecule has 2 heterocycles. The van der Waals surface area contributed by atoms with Crippen LogP contribution in [0.2, 0.25) is 0 Å². The molecular formula is C22H20N2O2. The van der Waals surface area contributed by atoms with Crippen LogP contribution < -0.4 is 0 Å². The molecule has 130 valence electrons. The molecule has 4 rings (SSSR count). The van der Waals surface area contributed by atoms with Crippen LogP contribution in [0.1, 0.15) is 47.5 Å². The summed E-state index contributed by atoms with van der Waals surface area (Å²) >= 11 is 0. The smallest absolute Gasteiger partial charge is 0.169 e. The Kier molecular flexibility index (Phi) is 4.03. The minimum Gasteiger partial charge on any atom is -0.358 e. The van der Waals surface area contributed by atoms with Gasteiger partial charge in [0.15, 0.2) is 5.76 Å². The van der Waals surface area contributed by atoms with Crippen LogP contribution in [-0.2, 0) is 4.79 Å². The number of Topliss-reactive ketones (excluding diaryl/α,β-unsaturated/α-hetero) is 1. The van der Waals surface area contributed by atoms with Gasteiger partial charge in [0.1, 0.15) is 11.8 Å². The van der Waals surface area contributed by atoms with E-state index in [0.717, 1.165) is 33.7 Å². The second-order valence-corrected chi connectivity index (χ2v) is 6.82. The fourth-order valence-electron chi connectivity index (χ4n) is 3.49. The van der Waals surface area contributed by atoms with Gasteiger partial charge in [-0.2, -0.15) is 0 Å². The van der Waals surface area contributed by atoms with E-state index in [2.05, 4.69) is 48.5 Å². The lowest BCUT2D eigenvalue weighted by atomic mass is 9.92. The van der Waals surface area contributed by atoms with Crippen LogP contribution in [0.3, 0.4) is 0 Å². The second-order valence-electron chi connectivity index (χ2n) is 6.82. The average molecular weight is 344 g/mol. The highest BCUT2D eigenvalue weighted by atomic mass is 16.5. The molecule has 0 aliphatic carbocycles. The number of carbonyl (C=O) groups is 1. The molecule has 3 aromatic rings. The molecule has 0 saturated heterocycles. The molecule has 0 fully saturated rings. The van der Waals surface area contributed by atoms with Crippen molar-refractivity contribution in [2.45, 2.75) is 33.2 Å². The highest BCUT2D eigenvalue weighted by molar-refractivity contribution is 6.17. The van der Waals surface area contributed by atoms with Gasteiger partial charge in [-0.05, 0) is 26.3 Å². The topological polar surface area (TPSA) is 55.5 Å². The monoisotopic (exact) mass is 344 g/mol. The van der Waals surface area contributed by atoms with Crippen LogP contribution in [-0.4, -0.2) is 16.7 Å². The summed E-state index contributed by atoms with van der Waals surface area (Å²) in [5, 5.41) is 4.15. The van der Waals surface area contributed by atoms with E-state index in [1.807, 2.05) is 19.1 Å². The van der Waals surface area contributed by atoms with Gasteiger partial charge in [0, 0.05) is 17.5 Å². The third kappa shape index (κ3) is 2.77. The Hall–Kier alpha value is -3.01. The zero-order valence-electron chi connectivity index (χ0n) is 15.1. The lowest BCUT2D eigenvalue weighted by Gasteiger charge is -2.11. The molecular weight excluding hydrogens is 324 g/mol. The van der Waals surface area contributed by atoms with E-state index in [1.54, 1.807) is 6.92 Å². The van der Waals surface area contributed by atoms with E-state index < -0.39 is 0 Å². The van der Waals surface area contributed by atoms with Crippen molar-refractivity contribution >= 4 is 11.5 Å². The molecule has 0 radical (unpaired) electrons. The van der Waals surface area contributed by atoms with Crippen LogP contribution in [0.4, 0.5) is 0 Å². The van der Waals surface area contributed by atoms with E-state index in [1.165, 1.54) is 5.56 Å². The fourth-order valence-corrected chi connectivity index (χ4v) is 3.49. The lowest BCUT2D eigenvalue weighted by Crippen LogP contribution is -2.07. The van der Waals surface area contributed by atoms with Crippen molar-refractivity contribution in [2.75, 3.05) is 0 Å². The van der Waals surface area contributed by atoms with Crippen LogP contribution in [0.15, 0.2) is 58.0 Å². The highest BCUT2D eigenvalue weighted by Crippen LogP contribution is 2.40. The van der Waals surface area contributed by atoms with Crippen LogP contribution in [0.25, 0.3) is 11.1 Å². The molecule has 2 aromatic carbocycles. The number of benzene rings is 2. The maximum atomic E-state index is 11.9. The third-order valence-corrected chi connectivity index (χ3v) is 4.73. The van der Waals surface area contributed by atoms with Crippen molar-refractivity contribution in [1.82, 2.24) is 5.16 Å². The van der Waals surface area contributed by atoms with E-state index >= 15 is 0 Å². The maximum absolute atomic E-state index is 11.9. The number of aryl methyl sites for hydroxylation is 2. The molecule has 1 atom stereocenters. The summed E-state index contributed by atoms with van der Waals surface area (Å²) in [7, 11) is 0. The van der Waals surface area contributed by atoms with Crippen molar-refractivity contribution in [2.24, 2.45) is 4.99 Å². The minimum absolute atomic E-state index is 0.0768. The maximum Gasteiger partial charge on any atom is 0.169 e. The summed E-state index contributed by atoms with van der Waals surface area (Å²) in [5.41, 5.74) is 6.98. The average Bonchev–Trinajstić information content (AvgIpc) is 2.94. The predicted molar refractivity (Wildman–Crippen MR) is 102 cm³/mol. The van der Waals surface area contributed by atoms with E-state index in [9.17, 15) is 4.79 Å². The molecule has 1 aromatic heterocycles. The van der Waals surface area contributed by atoms with E-state index in [4.69, 9.17) is 9.52 Å². The Morgan fingerprint density at radius 1 is 1.04 bits per heavy atom. The number of aromatic nitrogens is 1. The van der Waals surface area contributed by atoms with Gasteiger partial charge in [-0.15, -0.1) is 0 Å². The number of rotatable bonds is 3. The number of nitrogens with zero attached hydrogens (tertiary/aromatic N) is 2. The standard InChI is InChI=1S/C22H20N2O2/c1-13-8-10-16(11-9-13)21-18-7-5-4-6-17(18)20-15(3)24-26-22(20)19(23-21)12-14(2)25/h4-11,19H,12H2,1-3H3/t19-/m0/s1. The summed E-state index contributed by atoms with van der Waals surface area (Å²) in [4.78, 5) is 16.8. The van der Waals surface area contributed by atoms with Crippen molar-refractivity contribution in [3.05, 3.63) is 76.7 Å². The Bertz CT molecular complexity index is 1010. The van der Waals surface area contributed by atoms with E-state index in [0.29, 0.717) is 12.2 Å². The molecule has 0 spiro atoms. The highest BCUT2D eigenvalue weighted by Gasteiger charge is 2.30. The van der Waals surface area contributed by atoms with Crippen LogP contribution in [0, 0.1) is 13.8 Å². The van der Waals surface area contributed by atoms with Crippen molar-refractivity contribution in [3.63, 3.8) is 0 Å². The Labute approximate surface area is 152 Å². The van der Waals surface area contributed by atoms with Crippen LogP contribution >= 0.6 is 0 Å². The Morgan fingerprint density at radius 2 is 1.73 bits per heavy atom. The van der Waals surface area contributed by atoms with Gasteiger partial charge in [-0.3, -0.25) is 9.79 Å². The number of hydrogen-bond acceptors (Lipinski definition) is 4. The molecule has 0 saturated carbocycles. The Balaban J connectivity index is 1.99. The zero-order chi connectivity index (χ0) is 18.3. The van der Waals surface area contributed by atoms with Gasteiger partial charge in [-0.1, -0.05) is 59.3 Å². The Morgan fingerprint density at radius 3 is 2.42 bits per heavy atom. The molecule has 4 heteroatoms. The van der Waals surface area contributed by atoms with Crippen molar-refractivity contribution in [1.29, 1.82) is 0 Å². The fraction of sp³-hybridized carbons (Fsp3) is 0.227. The normalized spacial score (nSPS) is 15.7.